The Balaban J connectivity index is 1.98. The molecule has 0 fully saturated rings. The minimum Gasteiger partial charge on any atom is -0.392 e. The number of aliphatic hydroxyl groups excluding tert-OH is 1. The van der Waals surface area contributed by atoms with Crippen LogP contribution in [0.15, 0.2) is 53.3 Å². The van der Waals surface area contributed by atoms with E-state index in [-0.39, 0.29) is 18.0 Å². The first-order valence-corrected chi connectivity index (χ1v) is 8.00. The third kappa shape index (κ3) is 3.44. The summed E-state index contributed by atoms with van der Waals surface area (Å²) in [4.78, 5) is 24.2. The SMILES string of the molecule is C[C@H](O)CNC(=O)c1ccc(-c2nn(C)c(=O)c3ccccc23)cc1. The molecule has 0 unspecified atom stereocenters. The summed E-state index contributed by atoms with van der Waals surface area (Å²) < 4.78 is 1.32. The molecule has 0 aliphatic heterocycles. The molecule has 6 heteroatoms. The lowest BCUT2D eigenvalue weighted by atomic mass is 10.0. The van der Waals surface area contributed by atoms with E-state index in [9.17, 15) is 14.7 Å². The van der Waals surface area contributed by atoms with Gasteiger partial charge in [0.25, 0.3) is 11.5 Å². The number of nitrogens with one attached hydrogen (secondary N) is 1. The molecule has 25 heavy (non-hydrogen) atoms. The quantitative estimate of drug-likeness (QED) is 0.759. The number of amides is 1. The van der Waals surface area contributed by atoms with Gasteiger partial charge < -0.3 is 10.4 Å². The summed E-state index contributed by atoms with van der Waals surface area (Å²) in [6.45, 7) is 1.81. The highest BCUT2D eigenvalue weighted by molar-refractivity contribution is 5.96. The Hall–Kier alpha value is -2.99. The zero-order chi connectivity index (χ0) is 18.0. The van der Waals surface area contributed by atoms with Crippen molar-refractivity contribution in [2.45, 2.75) is 13.0 Å². The topological polar surface area (TPSA) is 84.2 Å². The van der Waals surface area contributed by atoms with Crippen LogP contribution < -0.4 is 10.9 Å². The molecule has 2 N–H and O–H groups in total. The number of benzene rings is 2. The van der Waals surface area contributed by atoms with Crippen molar-refractivity contribution in [2.24, 2.45) is 7.05 Å². The van der Waals surface area contributed by atoms with Crippen LogP contribution in [-0.2, 0) is 7.05 Å². The van der Waals surface area contributed by atoms with E-state index >= 15 is 0 Å². The summed E-state index contributed by atoms with van der Waals surface area (Å²) in [7, 11) is 1.62. The van der Waals surface area contributed by atoms with E-state index in [0.29, 0.717) is 16.6 Å². The van der Waals surface area contributed by atoms with Gasteiger partial charge in [0.15, 0.2) is 0 Å². The van der Waals surface area contributed by atoms with Gasteiger partial charge in [-0.05, 0) is 25.1 Å². The maximum absolute atomic E-state index is 12.2. The van der Waals surface area contributed by atoms with Gasteiger partial charge in [-0.15, -0.1) is 0 Å². The monoisotopic (exact) mass is 337 g/mol. The number of carbonyl (C=O) groups is 1. The van der Waals surface area contributed by atoms with E-state index in [1.54, 1.807) is 44.3 Å². The molecular formula is C19H19N3O3. The van der Waals surface area contributed by atoms with Crippen LogP contribution in [0, 0.1) is 0 Å². The van der Waals surface area contributed by atoms with Crippen LogP contribution in [0.4, 0.5) is 0 Å². The molecule has 0 radical (unpaired) electrons. The minimum atomic E-state index is -0.593. The molecule has 0 aliphatic rings. The van der Waals surface area contributed by atoms with Gasteiger partial charge in [-0.2, -0.15) is 5.10 Å². The second-order valence-corrected chi connectivity index (χ2v) is 5.96. The maximum Gasteiger partial charge on any atom is 0.274 e. The van der Waals surface area contributed by atoms with E-state index in [4.69, 9.17) is 0 Å². The second-order valence-electron chi connectivity index (χ2n) is 5.96. The third-order valence-corrected chi connectivity index (χ3v) is 3.94. The van der Waals surface area contributed by atoms with Gasteiger partial charge >= 0.3 is 0 Å². The first-order valence-electron chi connectivity index (χ1n) is 8.00. The van der Waals surface area contributed by atoms with Gasteiger partial charge in [0.05, 0.1) is 17.2 Å². The van der Waals surface area contributed by atoms with Crippen LogP contribution in [0.25, 0.3) is 22.0 Å². The Labute approximate surface area is 144 Å². The lowest BCUT2D eigenvalue weighted by Crippen LogP contribution is -2.30. The fourth-order valence-electron chi connectivity index (χ4n) is 2.63. The molecule has 0 spiro atoms. The molecule has 1 atom stereocenters. The number of aryl methyl sites for hydroxylation is 1. The first kappa shape index (κ1) is 16.9. The number of hydrogen-bond donors (Lipinski definition) is 2. The molecule has 0 aliphatic carbocycles. The van der Waals surface area contributed by atoms with E-state index in [2.05, 4.69) is 10.4 Å². The van der Waals surface area contributed by atoms with Gasteiger partial charge in [-0.1, -0.05) is 30.3 Å². The van der Waals surface area contributed by atoms with Crippen LogP contribution in [0.5, 0.6) is 0 Å². The number of aliphatic hydroxyl groups is 1. The summed E-state index contributed by atoms with van der Waals surface area (Å²) in [6, 6.07) is 14.3. The predicted molar refractivity (Wildman–Crippen MR) is 96.4 cm³/mol. The van der Waals surface area contributed by atoms with E-state index in [0.717, 1.165) is 10.9 Å². The molecular weight excluding hydrogens is 318 g/mol. The summed E-state index contributed by atoms with van der Waals surface area (Å²) in [5.41, 5.74) is 1.86. The Kier molecular flexibility index (Phi) is 4.63. The standard InChI is InChI=1S/C19H19N3O3/c1-12(23)11-20-18(24)14-9-7-13(8-10-14)17-15-5-3-4-6-16(15)19(25)22(2)21-17/h3-10,12,23H,11H2,1-2H3,(H,20,24)/t12-/m0/s1. The highest BCUT2D eigenvalue weighted by Crippen LogP contribution is 2.24. The molecule has 0 saturated carbocycles. The Morgan fingerprint density at radius 3 is 2.44 bits per heavy atom. The second kappa shape index (κ2) is 6.86. The number of rotatable bonds is 4. The molecule has 1 heterocycles. The summed E-state index contributed by atoms with van der Waals surface area (Å²) >= 11 is 0. The van der Waals surface area contributed by atoms with Crippen molar-refractivity contribution >= 4 is 16.7 Å². The molecule has 128 valence electrons. The van der Waals surface area contributed by atoms with Crippen LogP contribution >= 0.6 is 0 Å². The summed E-state index contributed by atoms with van der Waals surface area (Å²) in [6.07, 6.45) is -0.593. The summed E-state index contributed by atoms with van der Waals surface area (Å²) in [5.74, 6) is -0.245. The van der Waals surface area contributed by atoms with E-state index in [1.165, 1.54) is 4.68 Å². The summed E-state index contributed by atoms with van der Waals surface area (Å²) in [5, 5.41) is 17.6. The zero-order valence-electron chi connectivity index (χ0n) is 14.1. The van der Waals surface area contributed by atoms with Crippen molar-refractivity contribution < 1.29 is 9.90 Å². The highest BCUT2D eigenvalue weighted by atomic mass is 16.3. The number of fused-ring (bicyclic) bond motifs is 1. The number of hydrogen-bond acceptors (Lipinski definition) is 4. The lowest BCUT2D eigenvalue weighted by Gasteiger charge is -2.10. The zero-order valence-corrected chi connectivity index (χ0v) is 14.1. The average Bonchev–Trinajstić information content (AvgIpc) is 2.63. The van der Waals surface area contributed by atoms with Crippen LogP contribution in [-0.4, -0.2) is 33.4 Å². The average molecular weight is 337 g/mol. The van der Waals surface area contributed by atoms with Crippen molar-refractivity contribution in [3.05, 3.63) is 64.4 Å². The van der Waals surface area contributed by atoms with Crippen LogP contribution in [0.2, 0.25) is 0 Å². The normalized spacial score (nSPS) is 12.1. The first-order chi connectivity index (χ1) is 12.0. The van der Waals surface area contributed by atoms with Crippen molar-refractivity contribution in [1.29, 1.82) is 0 Å². The minimum absolute atomic E-state index is 0.145. The van der Waals surface area contributed by atoms with Gasteiger partial charge in [-0.3, -0.25) is 9.59 Å². The molecule has 6 nitrogen and oxygen atoms in total. The van der Waals surface area contributed by atoms with Crippen molar-refractivity contribution in [2.75, 3.05) is 6.54 Å². The van der Waals surface area contributed by atoms with E-state index in [1.807, 2.05) is 18.2 Å². The molecule has 3 aromatic rings. The van der Waals surface area contributed by atoms with Gasteiger partial charge in [0.2, 0.25) is 0 Å². The lowest BCUT2D eigenvalue weighted by molar-refractivity contribution is 0.0924. The predicted octanol–water partition coefficient (Wildman–Crippen LogP) is 1.71. The molecule has 0 saturated heterocycles. The van der Waals surface area contributed by atoms with Gasteiger partial charge in [0, 0.05) is 30.1 Å². The third-order valence-electron chi connectivity index (χ3n) is 3.94. The molecule has 1 amide bonds. The molecule has 0 bridgehead atoms. The Morgan fingerprint density at radius 1 is 1.16 bits per heavy atom. The van der Waals surface area contributed by atoms with Crippen molar-refractivity contribution in [3.8, 4) is 11.3 Å². The fraction of sp³-hybridized carbons (Fsp3) is 0.211. The molecule has 3 rings (SSSR count). The number of nitrogens with zero attached hydrogens (tertiary/aromatic N) is 2. The number of carbonyl (C=O) groups excluding carboxylic acids is 1. The van der Waals surface area contributed by atoms with Gasteiger partial charge in [0.1, 0.15) is 0 Å². The largest absolute Gasteiger partial charge is 0.392 e. The molecule has 2 aromatic carbocycles. The number of aromatic nitrogens is 2. The van der Waals surface area contributed by atoms with Crippen LogP contribution in [0.1, 0.15) is 17.3 Å². The smallest absolute Gasteiger partial charge is 0.274 e. The molecule has 1 aromatic heterocycles. The van der Waals surface area contributed by atoms with Crippen molar-refractivity contribution in [3.63, 3.8) is 0 Å². The Morgan fingerprint density at radius 2 is 1.80 bits per heavy atom. The van der Waals surface area contributed by atoms with Crippen molar-refractivity contribution in [1.82, 2.24) is 15.1 Å². The van der Waals surface area contributed by atoms with Crippen LogP contribution in [0.3, 0.4) is 0 Å². The van der Waals surface area contributed by atoms with Gasteiger partial charge in [-0.25, -0.2) is 4.68 Å². The fourth-order valence-corrected chi connectivity index (χ4v) is 2.63. The maximum atomic E-state index is 12.2. The van der Waals surface area contributed by atoms with E-state index < -0.39 is 6.10 Å². The highest BCUT2D eigenvalue weighted by Gasteiger charge is 2.12. The Bertz CT molecular complexity index is 975.